The molecule has 35 heavy (non-hydrogen) atoms. The second-order valence-electron chi connectivity index (χ2n) is 9.95. The highest BCUT2D eigenvalue weighted by Crippen LogP contribution is 2.29. The molecule has 0 fully saturated rings. The average Bonchev–Trinajstić information content (AvgIpc) is 3.18. The zero-order chi connectivity index (χ0) is 24.9. The van der Waals surface area contributed by atoms with Gasteiger partial charge in [0.25, 0.3) is 5.52 Å². The van der Waals surface area contributed by atoms with Gasteiger partial charge in [0.2, 0.25) is 5.82 Å². The molecule has 1 aliphatic rings. The van der Waals surface area contributed by atoms with Crippen LogP contribution in [0.1, 0.15) is 38.6 Å². The Morgan fingerprint density at radius 3 is 2.69 bits per heavy atom. The zero-order valence-electron chi connectivity index (χ0n) is 20.6. The van der Waals surface area contributed by atoms with Crippen LogP contribution in [0.2, 0.25) is 0 Å². The van der Waals surface area contributed by atoms with Gasteiger partial charge in [-0.25, -0.2) is 9.78 Å². The van der Waals surface area contributed by atoms with E-state index in [0.717, 1.165) is 33.2 Å². The summed E-state index contributed by atoms with van der Waals surface area (Å²) in [6.07, 6.45) is 4.07. The number of ether oxygens (including phenoxy) is 1. The predicted octanol–water partition coefficient (Wildman–Crippen LogP) is 4.15. The number of benzene rings is 2. The molecule has 0 aliphatic carbocycles. The molecular formula is C26H28N6O3. The van der Waals surface area contributed by atoms with Gasteiger partial charge < -0.3 is 14.8 Å². The fourth-order valence-electron chi connectivity index (χ4n) is 4.32. The smallest absolute Gasteiger partial charge is 0.410 e. The lowest BCUT2D eigenvalue weighted by Gasteiger charge is -2.29. The van der Waals surface area contributed by atoms with E-state index in [1.54, 1.807) is 9.58 Å². The normalized spacial score (nSPS) is 14.4. The van der Waals surface area contributed by atoms with E-state index in [1.807, 2.05) is 65.2 Å². The molecular weight excluding hydrogens is 444 g/mol. The van der Waals surface area contributed by atoms with Crippen LogP contribution >= 0.6 is 0 Å². The molecule has 0 radical (unpaired) electrons. The second-order valence-corrected chi connectivity index (χ2v) is 9.95. The molecule has 5 rings (SSSR count). The number of aryl methyl sites for hydroxylation is 2. The third-order valence-electron chi connectivity index (χ3n) is 5.99. The minimum absolute atomic E-state index is 0.349. The minimum Gasteiger partial charge on any atom is -0.594 e. The largest absolute Gasteiger partial charge is 0.594 e. The predicted molar refractivity (Wildman–Crippen MR) is 133 cm³/mol. The first kappa shape index (κ1) is 22.8. The Bertz CT molecular complexity index is 1500. The lowest BCUT2D eigenvalue weighted by atomic mass is 10.0. The van der Waals surface area contributed by atoms with Gasteiger partial charge in [-0.3, -0.25) is 4.68 Å². The van der Waals surface area contributed by atoms with E-state index in [1.165, 1.54) is 0 Å². The standard InChI is InChI=1S/C26H28N6O3/c1-16-12-19(13-20-15-30(5)28-23(16)20)18-6-7-21-22(14-18)32(34)29-24(27-21)17-8-10-31(11-9-17)25(33)35-26(2,3)4/h6-8,12-15H,9-11H2,1-5H3. The summed E-state index contributed by atoms with van der Waals surface area (Å²) in [4.78, 5) is 19.2. The average molecular weight is 473 g/mol. The summed E-state index contributed by atoms with van der Waals surface area (Å²) in [6, 6.07) is 9.79. The molecule has 4 aromatic rings. The molecule has 2 aromatic carbocycles. The van der Waals surface area contributed by atoms with Crippen molar-refractivity contribution in [1.29, 1.82) is 0 Å². The third-order valence-corrected chi connectivity index (χ3v) is 5.99. The summed E-state index contributed by atoms with van der Waals surface area (Å²) in [5.74, 6) is 0.386. The molecule has 9 nitrogen and oxygen atoms in total. The Labute approximate surface area is 203 Å². The molecule has 9 heteroatoms. The molecule has 0 unspecified atom stereocenters. The summed E-state index contributed by atoms with van der Waals surface area (Å²) < 4.78 is 7.24. The van der Waals surface area contributed by atoms with Crippen molar-refractivity contribution in [2.24, 2.45) is 7.05 Å². The number of carbonyl (C=O) groups is 1. The van der Waals surface area contributed by atoms with Crippen molar-refractivity contribution in [3.63, 3.8) is 0 Å². The maximum absolute atomic E-state index is 12.9. The van der Waals surface area contributed by atoms with Gasteiger partial charge in [-0.05, 0) is 73.9 Å². The highest BCUT2D eigenvalue weighted by molar-refractivity contribution is 5.89. The number of nitrogens with zero attached hydrogens (tertiary/aromatic N) is 6. The van der Waals surface area contributed by atoms with E-state index in [9.17, 15) is 10.0 Å². The Morgan fingerprint density at radius 1 is 1.17 bits per heavy atom. The number of carbonyl (C=O) groups excluding carboxylic acids is 1. The number of aromatic nitrogens is 5. The van der Waals surface area contributed by atoms with E-state index >= 15 is 0 Å². The number of rotatable bonds is 2. The number of amides is 1. The van der Waals surface area contributed by atoms with Gasteiger partial charge in [-0.2, -0.15) is 5.10 Å². The number of hydrogen-bond donors (Lipinski definition) is 0. The van der Waals surface area contributed by atoms with Crippen molar-refractivity contribution < 1.29 is 14.4 Å². The second kappa shape index (κ2) is 8.33. The van der Waals surface area contributed by atoms with Crippen molar-refractivity contribution in [1.82, 2.24) is 24.8 Å². The van der Waals surface area contributed by atoms with Crippen LogP contribution in [0, 0.1) is 12.1 Å². The number of hydrogen-bond acceptors (Lipinski definition) is 6. The van der Waals surface area contributed by atoms with Crippen LogP contribution < -0.4 is 4.85 Å². The van der Waals surface area contributed by atoms with E-state index in [-0.39, 0.29) is 6.09 Å². The summed E-state index contributed by atoms with van der Waals surface area (Å²) in [7, 11) is 1.90. The van der Waals surface area contributed by atoms with E-state index in [2.05, 4.69) is 27.3 Å². The summed E-state index contributed by atoms with van der Waals surface area (Å²) in [5.41, 5.74) is 5.24. The lowest BCUT2D eigenvalue weighted by Crippen LogP contribution is -2.39. The maximum Gasteiger partial charge on any atom is 0.410 e. The van der Waals surface area contributed by atoms with Crippen molar-refractivity contribution in [2.75, 3.05) is 13.1 Å². The fraction of sp³-hybridized carbons (Fsp3) is 0.346. The monoisotopic (exact) mass is 472 g/mol. The van der Waals surface area contributed by atoms with Gasteiger partial charge in [0.1, 0.15) is 11.1 Å². The summed E-state index contributed by atoms with van der Waals surface area (Å²) in [5, 5.41) is 22.6. The van der Waals surface area contributed by atoms with Crippen molar-refractivity contribution in [2.45, 2.75) is 39.7 Å². The van der Waals surface area contributed by atoms with Crippen LogP contribution in [0.3, 0.4) is 0 Å². The highest BCUT2D eigenvalue weighted by atomic mass is 16.6. The van der Waals surface area contributed by atoms with Crippen LogP contribution in [-0.2, 0) is 11.8 Å². The van der Waals surface area contributed by atoms with Crippen molar-refractivity contribution >= 4 is 33.6 Å². The quantitative estimate of drug-likeness (QED) is 0.321. The Hall–Kier alpha value is -4.01. The maximum atomic E-state index is 12.9. The van der Waals surface area contributed by atoms with Gasteiger partial charge >= 0.3 is 6.09 Å². The molecule has 0 spiro atoms. The van der Waals surface area contributed by atoms with Crippen LogP contribution in [-0.4, -0.2) is 49.5 Å². The van der Waals surface area contributed by atoms with Gasteiger partial charge in [0.05, 0.1) is 5.52 Å². The first-order chi connectivity index (χ1) is 16.6. The third kappa shape index (κ3) is 4.53. The van der Waals surface area contributed by atoms with Crippen molar-refractivity contribution in [3.8, 4) is 11.1 Å². The molecule has 0 bridgehead atoms. The van der Waals surface area contributed by atoms with Crippen LogP contribution in [0.15, 0.2) is 42.6 Å². The molecule has 0 saturated heterocycles. The highest BCUT2D eigenvalue weighted by Gasteiger charge is 2.25. The number of fused-ring (bicyclic) bond motifs is 2. The van der Waals surface area contributed by atoms with Gasteiger partial charge in [0.15, 0.2) is 0 Å². The van der Waals surface area contributed by atoms with E-state index < -0.39 is 5.60 Å². The molecule has 180 valence electrons. The molecule has 3 heterocycles. The van der Waals surface area contributed by atoms with Crippen molar-refractivity contribution in [3.05, 3.63) is 59.2 Å². The minimum atomic E-state index is -0.544. The van der Waals surface area contributed by atoms with Gasteiger partial charge in [-0.1, -0.05) is 12.1 Å². The summed E-state index contributed by atoms with van der Waals surface area (Å²) >= 11 is 0. The first-order valence-corrected chi connectivity index (χ1v) is 11.6. The van der Waals surface area contributed by atoms with Gasteiger partial charge in [-0.15, -0.1) is 0 Å². The van der Waals surface area contributed by atoms with E-state index in [4.69, 9.17) is 4.74 Å². The van der Waals surface area contributed by atoms with Crippen LogP contribution in [0.25, 0.3) is 38.6 Å². The van der Waals surface area contributed by atoms with Crippen LogP contribution in [0.5, 0.6) is 0 Å². The molecule has 0 N–H and O–H groups in total. The van der Waals surface area contributed by atoms with Gasteiger partial charge in [0, 0.05) is 48.5 Å². The molecule has 2 aromatic heterocycles. The zero-order valence-corrected chi connectivity index (χ0v) is 20.6. The first-order valence-electron chi connectivity index (χ1n) is 11.6. The molecule has 1 aliphatic heterocycles. The molecule has 0 atom stereocenters. The fourth-order valence-corrected chi connectivity index (χ4v) is 4.32. The van der Waals surface area contributed by atoms with E-state index in [0.29, 0.717) is 41.2 Å². The summed E-state index contributed by atoms with van der Waals surface area (Å²) in [6.45, 7) is 8.43. The molecule has 1 amide bonds. The lowest BCUT2D eigenvalue weighted by molar-refractivity contribution is -0.643. The Kier molecular flexibility index (Phi) is 5.42. The Morgan fingerprint density at radius 2 is 1.97 bits per heavy atom. The Balaban J connectivity index is 1.43. The topological polar surface area (TPSA) is 100 Å². The van der Waals surface area contributed by atoms with Crippen LogP contribution in [0.4, 0.5) is 4.79 Å². The SMILES string of the molecule is Cc1cc(-c2ccc3nc(C4=CCN(C(=O)OC(C)(C)C)CC4)n[n+]([O-])c3c2)cc2cn(C)nc12. The molecule has 0 saturated carbocycles.